The molecule has 0 radical (unpaired) electrons. The van der Waals surface area contributed by atoms with Gasteiger partial charge in [-0.1, -0.05) is 63.3 Å². The van der Waals surface area contributed by atoms with Gasteiger partial charge in [0.2, 0.25) is 0 Å². The number of allylic oxidation sites excluding steroid dienone is 4. The molecule has 4 nitrogen and oxygen atoms in total. The molecule has 0 aromatic rings. The van der Waals surface area contributed by atoms with Gasteiger partial charge in [-0.25, -0.2) is 0 Å². The molecule has 0 unspecified atom stereocenters. The number of carbonyl (C=O) groups is 1. The van der Waals surface area contributed by atoms with Gasteiger partial charge in [-0.2, -0.15) is 8.42 Å². The predicted molar refractivity (Wildman–Crippen MR) is 100 cm³/mol. The zero-order chi connectivity index (χ0) is 18.1. The maximum absolute atomic E-state index is 11.2. The molecule has 0 aromatic heterocycles. The second-order valence-electron chi connectivity index (χ2n) is 6.14. The summed E-state index contributed by atoms with van der Waals surface area (Å²) in [5, 5.41) is 0. The molecule has 0 saturated carbocycles. The normalized spacial score (nSPS) is 12.2. The van der Waals surface area contributed by atoms with Crippen LogP contribution in [0.5, 0.6) is 0 Å². The van der Waals surface area contributed by atoms with Crippen LogP contribution in [0.3, 0.4) is 0 Å². The van der Waals surface area contributed by atoms with Crippen LogP contribution in [0.4, 0.5) is 0 Å². The third kappa shape index (κ3) is 18.9. The Morgan fingerprint density at radius 3 is 1.96 bits per heavy atom. The average molecular weight is 359 g/mol. The van der Waals surface area contributed by atoms with Gasteiger partial charge in [-0.15, -0.1) is 0 Å². The van der Waals surface area contributed by atoms with Crippen LogP contribution in [0, 0.1) is 0 Å². The number of rotatable bonds is 15. The molecule has 0 fully saturated rings. The van der Waals surface area contributed by atoms with Crippen LogP contribution >= 0.6 is 0 Å². The fourth-order valence-electron chi connectivity index (χ4n) is 2.29. The fraction of sp³-hybridized carbons (Fsp3) is 0.737. The maximum atomic E-state index is 11.2. The Morgan fingerprint density at radius 2 is 1.38 bits per heavy atom. The molecule has 0 atom stereocenters. The largest absolute Gasteiger partial charge is 0.346 e. The van der Waals surface area contributed by atoms with Gasteiger partial charge >= 0.3 is 16.1 Å². The molecule has 0 aliphatic heterocycles. The summed E-state index contributed by atoms with van der Waals surface area (Å²) in [4.78, 5) is 11.2. The maximum Gasteiger partial charge on any atom is 0.322 e. The predicted octanol–water partition coefficient (Wildman–Crippen LogP) is 5.30. The molecule has 140 valence electrons. The van der Waals surface area contributed by atoms with Gasteiger partial charge in [0.15, 0.2) is 0 Å². The van der Waals surface area contributed by atoms with Crippen LogP contribution in [0.1, 0.15) is 84.0 Å². The van der Waals surface area contributed by atoms with E-state index in [0.29, 0.717) is 6.42 Å². The molecule has 0 bridgehead atoms. The standard InChI is InChI=1S/C19H34O4S/c1-3-4-5-6-7-8-9-10-11-12-13-14-15-16-17-18-19(20)23-24(2,21)22/h7-8,10-11H,3-6,9,12-18H2,1-2H3. The zero-order valence-corrected chi connectivity index (χ0v) is 16.2. The lowest BCUT2D eigenvalue weighted by atomic mass is 10.1. The Hall–Kier alpha value is -1.10. The third-order valence-electron chi connectivity index (χ3n) is 3.58. The molecule has 0 spiro atoms. The van der Waals surface area contributed by atoms with Crippen molar-refractivity contribution < 1.29 is 17.4 Å². The first-order chi connectivity index (χ1) is 11.5. The summed E-state index contributed by atoms with van der Waals surface area (Å²) in [6, 6.07) is 0. The first kappa shape index (κ1) is 22.9. The van der Waals surface area contributed by atoms with Gasteiger partial charge in [0, 0.05) is 6.42 Å². The Morgan fingerprint density at radius 1 is 0.833 bits per heavy atom. The summed E-state index contributed by atoms with van der Waals surface area (Å²) in [6.45, 7) is 2.22. The molecule has 24 heavy (non-hydrogen) atoms. The number of unbranched alkanes of at least 4 members (excludes halogenated alkanes) is 8. The van der Waals surface area contributed by atoms with E-state index in [1.54, 1.807) is 0 Å². The minimum absolute atomic E-state index is 0.178. The highest BCUT2D eigenvalue weighted by Crippen LogP contribution is 2.09. The molecule has 0 aliphatic carbocycles. The molecular weight excluding hydrogens is 324 g/mol. The summed E-state index contributed by atoms with van der Waals surface area (Å²) >= 11 is 0. The smallest absolute Gasteiger partial charge is 0.322 e. The van der Waals surface area contributed by atoms with Gasteiger partial charge in [-0.05, 0) is 38.5 Å². The highest BCUT2D eigenvalue weighted by atomic mass is 32.2. The van der Waals surface area contributed by atoms with Crippen molar-refractivity contribution in [3.63, 3.8) is 0 Å². The van der Waals surface area contributed by atoms with Crippen LogP contribution in [0.2, 0.25) is 0 Å². The molecule has 0 N–H and O–H groups in total. The van der Waals surface area contributed by atoms with Crippen LogP contribution < -0.4 is 0 Å². The lowest BCUT2D eigenvalue weighted by Gasteiger charge is -2.01. The van der Waals surface area contributed by atoms with Gasteiger partial charge in [0.1, 0.15) is 0 Å². The SMILES string of the molecule is CCCCCC=CCC=CCCCCCCCC(=O)OS(C)(=O)=O. The Labute approximate surface area is 148 Å². The molecule has 0 rings (SSSR count). The summed E-state index contributed by atoms with van der Waals surface area (Å²) in [6.07, 6.45) is 22.2. The first-order valence-electron chi connectivity index (χ1n) is 9.18. The van der Waals surface area contributed by atoms with Gasteiger partial charge in [0.05, 0.1) is 6.26 Å². The van der Waals surface area contributed by atoms with Crippen molar-refractivity contribution in [1.82, 2.24) is 0 Å². The monoisotopic (exact) mass is 358 g/mol. The third-order valence-corrected chi connectivity index (χ3v) is 4.06. The van der Waals surface area contributed by atoms with Crippen molar-refractivity contribution >= 4 is 16.1 Å². The summed E-state index contributed by atoms with van der Waals surface area (Å²) in [7, 11) is -3.66. The highest BCUT2D eigenvalue weighted by molar-refractivity contribution is 7.86. The molecule has 0 heterocycles. The van der Waals surface area contributed by atoms with Crippen molar-refractivity contribution in [2.75, 3.05) is 6.26 Å². The van der Waals surface area contributed by atoms with Gasteiger partial charge < -0.3 is 4.18 Å². The zero-order valence-electron chi connectivity index (χ0n) is 15.3. The lowest BCUT2D eigenvalue weighted by Crippen LogP contribution is -2.10. The number of carbonyl (C=O) groups excluding carboxylic acids is 1. The van der Waals surface area contributed by atoms with Gasteiger partial charge in [-0.3, -0.25) is 4.79 Å². The van der Waals surface area contributed by atoms with Crippen molar-refractivity contribution in [3.05, 3.63) is 24.3 Å². The number of hydrogen-bond acceptors (Lipinski definition) is 4. The summed E-state index contributed by atoms with van der Waals surface area (Å²) in [5.41, 5.74) is 0. The molecule has 0 aromatic carbocycles. The van der Waals surface area contributed by atoms with Crippen molar-refractivity contribution in [3.8, 4) is 0 Å². The van der Waals surface area contributed by atoms with E-state index < -0.39 is 16.1 Å². The van der Waals surface area contributed by atoms with E-state index in [1.165, 1.54) is 25.7 Å². The van der Waals surface area contributed by atoms with E-state index in [-0.39, 0.29) is 6.42 Å². The molecular formula is C19H34O4S. The Bertz CT molecular complexity index is 464. The minimum Gasteiger partial charge on any atom is -0.346 e. The highest BCUT2D eigenvalue weighted by Gasteiger charge is 2.09. The minimum atomic E-state index is -3.66. The van der Waals surface area contributed by atoms with E-state index in [1.807, 2.05) is 0 Å². The quantitative estimate of drug-likeness (QED) is 0.226. The molecule has 0 saturated heterocycles. The first-order valence-corrected chi connectivity index (χ1v) is 11.0. The molecule has 5 heteroatoms. The van der Waals surface area contributed by atoms with E-state index >= 15 is 0 Å². The van der Waals surface area contributed by atoms with Crippen LogP contribution in [-0.4, -0.2) is 20.6 Å². The van der Waals surface area contributed by atoms with Crippen molar-refractivity contribution in [1.29, 1.82) is 0 Å². The fourth-order valence-corrected chi connectivity index (χ4v) is 2.71. The summed E-state index contributed by atoms with van der Waals surface area (Å²) in [5.74, 6) is -0.650. The van der Waals surface area contributed by atoms with Crippen molar-refractivity contribution in [2.45, 2.75) is 84.0 Å². The van der Waals surface area contributed by atoms with Crippen molar-refractivity contribution in [2.24, 2.45) is 0 Å². The van der Waals surface area contributed by atoms with E-state index in [4.69, 9.17) is 0 Å². The van der Waals surface area contributed by atoms with E-state index in [9.17, 15) is 13.2 Å². The van der Waals surface area contributed by atoms with Crippen LogP contribution in [-0.2, 0) is 19.1 Å². The van der Waals surface area contributed by atoms with E-state index in [2.05, 4.69) is 35.4 Å². The average Bonchev–Trinajstić information content (AvgIpc) is 2.49. The van der Waals surface area contributed by atoms with Crippen LogP contribution in [0.15, 0.2) is 24.3 Å². The summed E-state index contributed by atoms with van der Waals surface area (Å²) < 4.78 is 25.8. The molecule has 0 amide bonds. The number of hydrogen-bond donors (Lipinski definition) is 0. The van der Waals surface area contributed by atoms with Gasteiger partial charge in [0.25, 0.3) is 0 Å². The topological polar surface area (TPSA) is 60.4 Å². The lowest BCUT2D eigenvalue weighted by molar-refractivity contribution is -0.133. The Balaban J connectivity index is 3.36. The second kappa shape index (κ2) is 15.4. The molecule has 0 aliphatic rings. The van der Waals surface area contributed by atoms with E-state index in [0.717, 1.165) is 44.8 Å². The van der Waals surface area contributed by atoms with Crippen LogP contribution in [0.25, 0.3) is 0 Å². The Kier molecular flexibility index (Phi) is 14.7. The second-order valence-corrected chi connectivity index (χ2v) is 7.72.